The quantitative estimate of drug-likeness (QED) is 0.875. The van der Waals surface area contributed by atoms with E-state index in [0.717, 1.165) is 22.4 Å². The SMILES string of the molecule is Cc1cc(C)c(NCC(=O)NCc2ccc(Cl)cc2)c(C)c1. The molecular weight excluding hydrogens is 296 g/mol. The molecule has 2 rings (SSSR count). The van der Waals surface area contributed by atoms with Gasteiger partial charge in [0.2, 0.25) is 5.91 Å². The fraction of sp³-hybridized carbons (Fsp3) is 0.278. The molecule has 116 valence electrons. The van der Waals surface area contributed by atoms with Crippen LogP contribution in [-0.4, -0.2) is 12.5 Å². The van der Waals surface area contributed by atoms with Gasteiger partial charge in [0.05, 0.1) is 6.54 Å². The number of amides is 1. The topological polar surface area (TPSA) is 41.1 Å². The van der Waals surface area contributed by atoms with Gasteiger partial charge in [0, 0.05) is 17.3 Å². The molecule has 0 radical (unpaired) electrons. The summed E-state index contributed by atoms with van der Waals surface area (Å²) in [5, 5.41) is 6.81. The first-order valence-electron chi connectivity index (χ1n) is 7.28. The zero-order valence-corrected chi connectivity index (χ0v) is 13.9. The number of hydrogen-bond acceptors (Lipinski definition) is 2. The van der Waals surface area contributed by atoms with Gasteiger partial charge in [-0.15, -0.1) is 0 Å². The molecule has 0 saturated heterocycles. The van der Waals surface area contributed by atoms with Crippen LogP contribution in [0.15, 0.2) is 36.4 Å². The van der Waals surface area contributed by atoms with Gasteiger partial charge in [0.15, 0.2) is 0 Å². The molecular formula is C18H21ClN2O. The van der Waals surface area contributed by atoms with Gasteiger partial charge in [-0.05, 0) is 49.6 Å². The van der Waals surface area contributed by atoms with Gasteiger partial charge in [-0.1, -0.05) is 41.4 Å². The van der Waals surface area contributed by atoms with Crippen molar-refractivity contribution in [3.63, 3.8) is 0 Å². The van der Waals surface area contributed by atoms with E-state index in [-0.39, 0.29) is 12.5 Å². The Labute approximate surface area is 136 Å². The highest BCUT2D eigenvalue weighted by atomic mass is 35.5. The maximum absolute atomic E-state index is 11.9. The summed E-state index contributed by atoms with van der Waals surface area (Å²) < 4.78 is 0. The standard InChI is InChI=1S/C18H21ClN2O/c1-12-8-13(2)18(14(3)9-12)21-11-17(22)20-10-15-4-6-16(19)7-5-15/h4-9,21H,10-11H2,1-3H3,(H,20,22). The lowest BCUT2D eigenvalue weighted by atomic mass is 10.1. The minimum Gasteiger partial charge on any atom is -0.376 e. The van der Waals surface area contributed by atoms with Crippen molar-refractivity contribution < 1.29 is 4.79 Å². The molecule has 0 fully saturated rings. The van der Waals surface area contributed by atoms with Gasteiger partial charge in [-0.25, -0.2) is 0 Å². The van der Waals surface area contributed by atoms with Crippen molar-refractivity contribution in [1.29, 1.82) is 0 Å². The Balaban J connectivity index is 1.87. The van der Waals surface area contributed by atoms with Crippen molar-refractivity contribution in [2.45, 2.75) is 27.3 Å². The number of anilines is 1. The number of hydrogen-bond donors (Lipinski definition) is 2. The average Bonchev–Trinajstić information content (AvgIpc) is 2.45. The summed E-state index contributed by atoms with van der Waals surface area (Å²) in [6.07, 6.45) is 0. The Bertz CT molecular complexity index is 642. The molecule has 0 spiro atoms. The van der Waals surface area contributed by atoms with Crippen LogP contribution in [0.25, 0.3) is 0 Å². The predicted molar refractivity (Wildman–Crippen MR) is 92.4 cm³/mol. The first-order chi connectivity index (χ1) is 10.5. The number of rotatable bonds is 5. The van der Waals surface area contributed by atoms with Gasteiger partial charge in [-0.2, -0.15) is 0 Å². The van der Waals surface area contributed by atoms with Crippen molar-refractivity contribution in [3.8, 4) is 0 Å². The minimum atomic E-state index is -0.0330. The largest absolute Gasteiger partial charge is 0.376 e. The normalized spacial score (nSPS) is 10.4. The second kappa shape index (κ2) is 7.32. The number of aryl methyl sites for hydroxylation is 3. The highest BCUT2D eigenvalue weighted by Gasteiger charge is 2.06. The van der Waals surface area contributed by atoms with Crippen molar-refractivity contribution in [2.75, 3.05) is 11.9 Å². The highest BCUT2D eigenvalue weighted by molar-refractivity contribution is 6.30. The third-order valence-electron chi connectivity index (χ3n) is 3.51. The molecule has 1 amide bonds. The first-order valence-corrected chi connectivity index (χ1v) is 7.66. The maximum atomic E-state index is 11.9. The van der Waals surface area contributed by atoms with Crippen molar-refractivity contribution in [1.82, 2.24) is 5.32 Å². The molecule has 0 atom stereocenters. The molecule has 0 unspecified atom stereocenters. The Morgan fingerprint density at radius 1 is 1.05 bits per heavy atom. The number of benzene rings is 2. The summed E-state index contributed by atoms with van der Waals surface area (Å²) in [6.45, 7) is 6.94. The summed E-state index contributed by atoms with van der Waals surface area (Å²) in [4.78, 5) is 11.9. The average molecular weight is 317 g/mol. The van der Waals surface area contributed by atoms with E-state index < -0.39 is 0 Å². The summed E-state index contributed by atoms with van der Waals surface area (Å²) in [5.41, 5.74) is 5.60. The summed E-state index contributed by atoms with van der Waals surface area (Å²) in [7, 11) is 0. The van der Waals surface area contributed by atoms with Crippen LogP contribution in [0.2, 0.25) is 5.02 Å². The van der Waals surface area contributed by atoms with E-state index in [1.165, 1.54) is 5.56 Å². The van der Waals surface area contributed by atoms with Crippen molar-refractivity contribution in [2.24, 2.45) is 0 Å². The van der Waals surface area contributed by atoms with E-state index >= 15 is 0 Å². The van der Waals surface area contributed by atoms with E-state index in [9.17, 15) is 4.79 Å². The molecule has 4 heteroatoms. The molecule has 0 aromatic heterocycles. The maximum Gasteiger partial charge on any atom is 0.239 e. The Morgan fingerprint density at radius 2 is 1.64 bits per heavy atom. The van der Waals surface area contributed by atoms with Gasteiger partial charge < -0.3 is 10.6 Å². The van der Waals surface area contributed by atoms with E-state index in [0.29, 0.717) is 11.6 Å². The zero-order chi connectivity index (χ0) is 16.1. The van der Waals surface area contributed by atoms with E-state index in [1.54, 1.807) is 0 Å². The second-order valence-electron chi connectivity index (χ2n) is 5.53. The number of carbonyl (C=O) groups excluding carboxylic acids is 1. The van der Waals surface area contributed by atoms with Gasteiger partial charge in [-0.3, -0.25) is 4.79 Å². The molecule has 2 aromatic carbocycles. The fourth-order valence-electron chi connectivity index (χ4n) is 2.49. The van der Waals surface area contributed by atoms with Crippen LogP contribution in [-0.2, 0) is 11.3 Å². The van der Waals surface area contributed by atoms with E-state index in [4.69, 9.17) is 11.6 Å². The van der Waals surface area contributed by atoms with Crippen molar-refractivity contribution in [3.05, 3.63) is 63.7 Å². The smallest absolute Gasteiger partial charge is 0.239 e. The first kappa shape index (κ1) is 16.4. The third kappa shape index (κ3) is 4.50. The highest BCUT2D eigenvalue weighted by Crippen LogP contribution is 2.21. The fourth-order valence-corrected chi connectivity index (χ4v) is 2.62. The van der Waals surface area contributed by atoms with Gasteiger partial charge in [0.1, 0.15) is 0 Å². The molecule has 2 aromatic rings. The molecule has 2 N–H and O–H groups in total. The second-order valence-corrected chi connectivity index (χ2v) is 5.97. The lowest BCUT2D eigenvalue weighted by molar-refractivity contribution is -0.119. The number of nitrogens with one attached hydrogen (secondary N) is 2. The zero-order valence-electron chi connectivity index (χ0n) is 13.2. The molecule has 0 heterocycles. The Morgan fingerprint density at radius 3 is 2.23 bits per heavy atom. The summed E-state index contributed by atoms with van der Waals surface area (Å²) in [6, 6.07) is 11.7. The molecule has 0 aliphatic carbocycles. The molecule has 3 nitrogen and oxygen atoms in total. The molecule has 0 aliphatic heterocycles. The Kier molecular flexibility index (Phi) is 5.45. The van der Waals surface area contributed by atoms with Crippen LogP contribution in [0.3, 0.4) is 0 Å². The van der Waals surface area contributed by atoms with Crippen LogP contribution in [0.4, 0.5) is 5.69 Å². The third-order valence-corrected chi connectivity index (χ3v) is 3.76. The van der Waals surface area contributed by atoms with Gasteiger partial charge >= 0.3 is 0 Å². The lowest BCUT2D eigenvalue weighted by Gasteiger charge is -2.14. The lowest BCUT2D eigenvalue weighted by Crippen LogP contribution is -2.29. The summed E-state index contributed by atoms with van der Waals surface area (Å²) in [5.74, 6) is -0.0330. The van der Waals surface area contributed by atoms with Crippen molar-refractivity contribution >= 4 is 23.2 Å². The van der Waals surface area contributed by atoms with Crippen LogP contribution < -0.4 is 10.6 Å². The van der Waals surface area contributed by atoms with Crippen LogP contribution in [0, 0.1) is 20.8 Å². The minimum absolute atomic E-state index is 0.0330. The molecule has 0 aliphatic rings. The van der Waals surface area contributed by atoms with Gasteiger partial charge in [0.25, 0.3) is 0 Å². The monoisotopic (exact) mass is 316 g/mol. The van der Waals surface area contributed by atoms with E-state index in [1.807, 2.05) is 38.1 Å². The van der Waals surface area contributed by atoms with Crippen LogP contribution in [0.5, 0.6) is 0 Å². The van der Waals surface area contributed by atoms with Crippen LogP contribution in [0.1, 0.15) is 22.3 Å². The molecule has 22 heavy (non-hydrogen) atoms. The Hall–Kier alpha value is -2.00. The molecule has 0 bridgehead atoms. The summed E-state index contributed by atoms with van der Waals surface area (Å²) >= 11 is 5.84. The molecule has 0 saturated carbocycles. The number of halogens is 1. The van der Waals surface area contributed by atoms with E-state index in [2.05, 4.69) is 29.7 Å². The predicted octanol–water partition coefficient (Wildman–Crippen LogP) is 3.99. The van der Waals surface area contributed by atoms with Crippen LogP contribution >= 0.6 is 11.6 Å². The number of carbonyl (C=O) groups is 1.